The molecule has 0 fully saturated rings. The third kappa shape index (κ3) is 4.46. The van der Waals surface area contributed by atoms with Crippen molar-refractivity contribution in [3.63, 3.8) is 0 Å². The molecule has 0 aliphatic rings. The summed E-state index contributed by atoms with van der Waals surface area (Å²) in [6, 6.07) is 6.21. The van der Waals surface area contributed by atoms with E-state index in [1.807, 2.05) is 0 Å². The Morgan fingerprint density at radius 1 is 1.06 bits per heavy atom. The van der Waals surface area contributed by atoms with E-state index in [1.54, 1.807) is 18.2 Å². The first-order valence-electron chi connectivity index (χ1n) is 8.92. The number of aromatic nitrogens is 4. The second kappa shape index (κ2) is 8.03. The number of pyridine rings is 1. The van der Waals surface area contributed by atoms with Gasteiger partial charge in [-0.25, -0.2) is 14.6 Å². The second-order valence-corrected chi connectivity index (χ2v) is 7.56. The molecule has 3 heterocycles. The van der Waals surface area contributed by atoms with Crippen molar-refractivity contribution in [2.45, 2.75) is 12.4 Å². The van der Waals surface area contributed by atoms with Crippen LogP contribution in [0.4, 0.5) is 31.5 Å². The van der Waals surface area contributed by atoms with Crippen LogP contribution in [0.1, 0.15) is 21.6 Å². The van der Waals surface area contributed by atoms with Gasteiger partial charge in [0.05, 0.1) is 34.7 Å². The number of nitrogens with zero attached hydrogens (tertiary/aromatic N) is 4. The number of thiazole rings is 1. The van der Waals surface area contributed by atoms with Crippen molar-refractivity contribution in [1.82, 2.24) is 19.7 Å². The van der Waals surface area contributed by atoms with Gasteiger partial charge in [-0.1, -0.05) is 11.3 Å². The highest BCUT2D eigenvalue weighted by molar-refractivity contribution is 7.22. The lowest BCUT2D eigenvalue weighted by atomic mass is 10.2. The van der Waals surface area contributed by atoms with Gasteiger partial charge in [0.15, 0.2) is 16.6 Å². The summed E-state index contributed by atoms with van der Waals surface area (Å²) >= 11 is 1.02. The molecule has 4 aromatic rings. The first-order chi connectivity index (χ1) is 15.5. The molecule has 3 aromatic heterocycles. The Bertz CT molecular complexity index is 1330. The number of anilines is 1. The molecule has 0 unspecified atom stereocenters. The molecule has 4 rings (SSSR count). The normalized spacial score (nSPS) is 12.2. The third-order valence-corrected chi connectivity index (χ3v) is 5.32. The molecule has 172 valence electrons. The van der Waals surface area contributed by atoms with E-state index >= 15 is 0 Å². The van der Waals surface area contributed by atoms with E-state index in [0.29, 0.717) is 34.4 Å². The predicted octanol–water partition coefficient (Wildman–Crippen LogP) is 5.18. The number of carbonyl (C=O) groups is 1. The van der Waals surface area contributed by atoms with E-state index < -0.39 is 40.9 Å². The minimum absolute atomic E-state index is 0.0387. The average Bonchev–Trinajstić information content (AvgIpc) is 3.36. The number of methoxy groups -OCH3 is 1. The summed E-state index contributed by atoms with van der Waals surface area (Å²) in [6.07, 6.45) is -8.73. The Kier molecular flexibility index (Phi) is 5.47. The zero-order valence-corrected chi connectivity index (χ0v) is 17.1. The van der Waals surface area contributed by atoms with E-state index in [4.69, 9.17) is 4.74 Å². The molecule has 1 aromatic carbocycles. The lowest BCUT2D eigenvalue weighted by Gasteiger charge is -2.12. The SMILES string of the molecule is COc1ccc2nc(NC(=O)c3cnn(-c4ccc(C(F)(F)F)cn4)c3C(F)(F)F)sc2c1. The number of nitrogens with one attached hydrogen (secondary N) is 1. The van der Waals surface area contributed by atoms with Crippen LogP contribution in [0.25, 0.3) is 16.0 Å². The molecule has 0 atom stereocenters. The van der Waals surface area contributed by atoms with Gasteiger partial charge in [0.1, 0.15) is 5.75 Å². The number of alkyl halides is 6. The van der Waals surface area contributed by atoms with Crippen molar-refractivity contribution < 1.29 is 35.9 Å². The van der Waals surface area contributed by atoms with E-state index in [-0.39, 0.29) is 9.81 Å². The molecule has 33 heavy (non-hydrogen) atoms. The number of hydrogen-bond acceptors (Lipinski definition) is 6. The largest absolute Gasteiger partial charge is 0.497 e. The molecule has 0 aliphatic carbocycles. The molecule has 0 aliphatic heterocycles. The highest BCUT2D eigenvalue weighted by Gasteiger charge is 2.41. The van der Waals surface area contributed by atoms with E-state index in [9.17, 15) is 31.1 Å². The monoisotopic (exact) mass is 487 g/mol. The van der Waals surface area contributed by atoms with Crippen LogP contribution < -0.4 is 10.1 Å². The van der Waals surface area contributed by atoms with E-state index in [1.165, 1.54) is 7.11 Å². The maximum atomic E-state index is 13.8. The fraction of sp³-hybridized carbons (Fsp3) is 0.158. The highest BCUT2D eigenvalue weighted by atomic mass is 32.1. The first kappa shape index (κ1) is 22.5. The van der Waals surface area contributed by atoms with Gasteiger partial charge in [0, 0.05) is 6.20 Å². The van der Waals surface area contributed by atoms with Crippen LogP contribution in [-0.4, -0.2) is 32.8 Å². The summed E-state index contributed by atoms with van der Waals surface area (Å²) in [7, 11) is 1.47. The third-order valence-electron chi connectivity index (χ3n) is 4.39. The van der Waals surface area contributed by atoms with Crippen molar-refractivity contribution in [3.8, 4) is 11.6 Å². The first-order valence-corrected chi connectivity index (χ1v) is 9.74. The van der Waals surface area contributed by atoms with Crippen LogP contribution in [0.15, 0.2) is 42.7 Å². The van der Waals surface area contributed by atoms with Crippen LogP contribution in [0.5, 0.6) is 5.75 Å². The molecule has 0 saturated carbocycles. The number of rotatable bonds is 4. The Balaban J connectivity index is 1.68. The summed E-state index contributed by atoms with van der Waals surface area (Å²) in [4.78, 5) is 20.2. The van der Waals surface area contributed by atoms with Crippen LogP contribution >= 0.6 is 11.3 Å². The Morgan fingerprint density at radius 2 is 1.82 bits per heavy atom. The van der Waals surface area contributed by atoms with Gasteiger partial charge in [0.25, 0.3) is 5.91 Å². The Morgan fingerprint density at radius 3 is 2.42 bits per heavy atom. The van der Waals surface area contributed by atoms with Gasteiger partial charge >= 0.3 is 12.4 Å². The van der Waals surface area contributed by atoms with Gasteiger partial charge in [-0.05, 0) is 30.3 Å². The Hall–Kier alpha value is -3.68. The fourth-order valence-corrected chi connectivity index (χ4v) is 3.78. The maximum absolute atomic E-state index is 13.8. The van der Waals surface area contributed by atoms with Crippen LogP contribution in [0, 0.1) is 0 Å². The molecular weight excluding hydrogens is 476 g/mol. The number of benzene rings is 1. The number of ether oxygens (including phenoxy) is 1. The lowest BCUT2D eigenvalue weighted by molar-refractivity contribution is -0.143. The summed E-state index contributed by atoms with van der Waals surface area (Å²) in [5.41, 5.74) is -2.98. The van der Waals surface area contributed by atoms with Crippen molar-refractivity contribution in [1.29, 1.82) is 0 Å². The molecule has 14 heteroatoms. The van der Waals surface area contributed by atoms with Crippen molar-refractivity contribution in [3.05, 3.63) is 59.5 Å². The lowest BCUT2D eigenvalue weighted by Crippen LogP contribution is -2.21. The molecule has 7 nitrogen and oxygen atoms in total. The van der Waals surface area contributed by atoms with Gasteiger partial charge in [0.2, 0.25) is 0 Å². The number of halogens is 6. The van der Waals surface area contributed by atoms with Gasteiger partial charge < -0.3 is 4.74 Å². The molecule has 1 N–H and O–H groups in total. The van der Waals surface area contributed by atoms with E-state index in [0.717, 1.165) is 17.4 Å². The zero-order chi connectivity index (χ0) is 24.0. The standard InChI is InChI=1S/C19H11F6N5O2S/c1-32-10-3-4-12-13(6-10)33-17(28-12)29-16(31)11-8-27-30(15(11)19(23,24)25)14-5-2-9(7-26-14)18(20,21)22/h2-8H,1H3,(H,28,29,31). The summed E-state index contributed by atoms with van der Waals surface area (Å²) in [6.45, 7) is 0. The molecule has 0 saturated heterocycles. The van der Waals surface area contributed by atoms with Crippen LogP contribution in [0.3, 0.4) is 0 Å². The van der Waals surface area contributed by atoms with Gasteiger partial charge in [-0.15, -0.1) is 0 Å². The second-order valence-electron chi connectivity index (χ2n) is 6.53. The molecular formula is C19H11F6N5O2S. The topological polar surface area (TPSA) is 81.9 Å². The quantitative estimate of drug-likeness (QED) is 0.402. The highest BCUT2D eigenvalue weighted by Crippen LogP contribution is 2.35. The number of amides is 1. The smallest absolute Gasteiger partial charge is 0.434 e. The van der Waals surface area contributed by atoms with Crippen molar-refractivity contribution in [2.24, 2.45) is 0 Å². The molecule has 0 radical (unpaired) electrons. The summed E-state index contributed by atoms with van der Waals surface area (Å²) < 4.78 is 85.5. The van der Waals surface area contributed by atoms with Crippen molar-refractivity contribution >= 4 is 32.6 Å². The number of hydrogen-bond donors (Lipinski definition) is 1. The van der Waals surface area contributed by atoms with Crippen LogP contribution in [0.2, 0.25) is 0 Å². The van der Waals surface area contributed by atoms with Gasteiger partial charge in [-0.2, -0.15) is 31.4 Å². The van der Waals surface area contributed by atoms with Crippen LogP contribution in [-0.2, 0) is 12.4 Å². The minimum atomic E-state index is -5.06. The molecule has 0 bridgehead atoms. The zero-order valence-electron chi connectivity index (χ0n) is 16.3. The summed E-state index contributed by atoms with van der Waals surface area (Å²) in [5, 5.41) is 5.87. The average molecular weight is 487 g/mol. The maximum Gasteiger partial charge on any atom is 0.434 e. The van der Waals surface area contributed by atoms with Crippen molar-refractivity contribution in [2.75, 3.05) is 12.4 Å². The Labute approximate surface area is 184 Å². The van der Waals surface area contributed by atoms with Gasteiger partial charge in [-0.3, -0.25) is 10.1 Å². The summed E-state index contributed by atoms with van der Waals surface area (Å²) in [5.74, 6) is -1.15. The molecule has 1 amide bonds. The molecule has 0 spiro atoms. The fourth-order valence-electron chi connectivity index (χ4n) is 2.89. The van der Waals surface area contributed by atoms with E-state index in [2.05, 4.69) is 20.4 Å². The number of fused-ring (bicyclic) bond motifs is 1. The number of carbonyl (C=O) groups excluding carboxylic acids is 1. The predicted molar refractivity (Wildman–Crippen MR) is 105 cm³/mol. The minimum Gasteiger partial charge on any atom is -0.497 e.